The van der Waals surface area contributed by atoms with E-state index < -0.39 is 0 Å². The third-order valence-electron chi connectivity index (χ3n) is 2.18. The van der Waals surface area contributed by atoms with E-state index in [1.807, 2.05) is 6.07 Å². The van der Waals surface area contributed by atoms with E-state index in [-0.39, 0.29) is 5.41 Å². The number of nitrogens with zero attached hydrogens (tertiary/aromatic N) is 2. The lowest BCUT2D eigenvalue weighted by Crippen LogP contribution is -2.10. The number of fused-ring (bicyclic) bond motifs is 1. The summed E-state index contributed by atoms with van der Waals surface area (Å²) >= 11 is 0. The lowest BCUT2D eigenvalue weighted by Gasteiger charge is -2.11. The van der Waals surface area contributed by atoms with Crippen LogP contribution >= 0.6 is 0 Å². The molecular formula is C11H15N3O. The van der Waals surface area contributed by atoms with Crippen molar-refractivity contribution in [3.63, 3.8) is 0 Å². The zero-order chi connectivity index (χ0) is 11.1. The third kappa shape index (κ3) is 1.85. The maximum Gasteiger partial charge on any atom is 0.246 e. The molecule has 4 nitrogen and oxygen atoms in total. The molecule has 80 valence electrons. The van der Waals surface area contributed by atoms with Gasteiger partial charge in [-0.05, 0) is 11.6 Å². The Morgan fingerprint density at radius 2 is 2.13 bits per heavy atom. The molecule has 0 aromatic carbocycles. The van der Waals surface area contributed by atoms with E-state index in [0.717, 1.165) is 11.1 Å². The van der Waals surface area contributed by atoms with Crippen molar-refractivity contribution in [3.8, 4) is 0 Å². The number of oxazole rings is 1. The van der Waals surface area contributed by atoms with Gasteiger partial charge in [-0.2, -0.15) is 0 Å². The molecule has 2 heterocycles. The van der Waals surface area contributed by atoms with Crippen LogP contribution in [0.3, 0.4) is 0 Å². The van der Waals surface area contributed by atoms with E-state index >= 15 is 0 Å². The summed E-state index contributed by atoms with van der Waals surface area (Å²) in [6.45, 7) is 6.64. The number of rotatable bonds is 1. The van der Waals surface area contributed by atoms with E-state index in [1.54, 1.807) is 6.20 Å². The molecule has 0 aliphatic carbocycles. The van der Waals surface area contributed by atoms with Gasteiger partial charge < -0.3 is 10.2 Å². The fourth-order valence-electron chi connectivity index (χ4n) is 1.30. The van der Waals surface area contributed by atoms with E-state index in [9.17, 15) is 0 Å². The molecule has 0 amide bonds. The summed E-state index contributed by atoms with van der Waals surface area (Å²) in [4.78, 5) is 8.58. The normalized spacial score (nSPS) is 12.3. The smallest absolute Gasteiger partial charge is 0.246 e. The molecule has 2 N–H and O–H groups in total. The lowest BCUT2D eigenvalue weighted by atomic mass is 9.97. The first-order valence-electron chi connectivity index (χ1n) is 4.97. The molecule has 0 spiro atoms. The van der Waals surface area contributed by atoms with Crippen molar-refractivity contribution < 1.29 is 4.42 Å². The molecule has 2 aromatic rings. The minimum atomic E-state index is -0.0937. The van der Waals surface area contributed by atoms with Gasteiger partial charge in [0.2, 0.25) is 11.6 Å². The van der Waals surface area contributed by atoms with Crippen LogP contribution in [0.2, 0.25) is 0 Å². The van der Waals surface area contributed by atoms with E-state index in [0.29, 0.717) is 18.1 Å². The zero-order valence-electron chi connectivity index (χ0n) is 9.24. The standard InChI is InChI=1S/C11H15N3O/c1-11(2,3)10-14-8-4-7(5-12)6-13-9(8)15-10/h4,6H,5,12H2,1-3H3. The molecule has 2 rings (SSSR count). The average Bonchev–Trinajstić information content (AvgIpc) is 2.59. The Kier molecular flexibility index (Phi) is 2.23. The van der Waals surface area contributed by atoms with Crippen molar-refractivity contribution in [1.29, 1.82) is 0 Å². The number of hydrogen-bond donors (Lipinski definition) is 1. The van der Waals surface area contributed by atoms with Crippen LogP contribution in [0.25, 0.3) is 11.2 Å². The Labute approximate surface area is 88.5 Å². The van der Waals surface area contributed by atoms with Crippen LogP contribution < -0.4 is 5.73 Å². The molecule has 0 bridgehead atoms. The molecule has 15 heavy (non-hydrogen) atoms. The summed E-state index contributed by atoms with van der Waals surface area (Å²) in [5, 5.41) is 0. The summed E-state index contributed by atoms with van der Waals surface area (Å²) in [6, 6.07) is 1.92. The lowest BCUT2D eigenvalue weighted by molar-refractivity contribution is 0.407. The summed E-state index contributed by atoms with van der Waals surface area (Å²) < 4.78 is 5.57. The van der Waals surface area contributed by atoms with Crippen LogP contribution in [-0.2, 0) is 12.0 Å². The minimum Gasteiger partial charge on any atom is -0.422 e. The monoisotopic (exact) mass is 205 g/mol. The third-order valence-corrected chi connectivity index (χ3v) is 2.18. The van der Waals surface area contributed by atoms with Crippen LogP contribution in [0.1, 0.15) is 32.2 Å². The molecule has 4 heteroatoms. The highest BCUT2D eigenvalue weighted by Crippen LogP contribution is 2.24. The molecule has 2 aromatic heterocycles. The maximum absolute atomic E-state index is 5.57. The van der Waals surface area contributed by atoms with Crippen LogP contribution in [0.5, 0.6) is 0 Å². The number of aromatic nitrogens is 2. The highest BCUT2D eigenvalue weighted by Gasteiger charge is 2.21. The van der Waals surface area contributed by atoms with E-state index in [4.69, 9.17) is 10.2 Å². The average molecular weight is 205 g/mol. The van der Waals surface area contributed by atoms with Gasteiger partial charge in [0.1, 0.15) is 5.52 Å². The molecule has 0 unspecified atom stereocenters. The molecule has 0 saturated carbocycles. The van der Waals surface area contributed by atoms with Crippen LogP contribution in [0, 0.1) is 0 Å². The fraction of sp³-hybridized carbons (Fsp3) is 0.455. The number of nitrogens with two attached hydrogens (primary N) is 1. The molecular weight excluding hydrogens is 190 g/mol. The largest absolute Gasteiger partial charge is 0.422 e. The zero-order valence-corrected chi connectivity index (χ0v) is 9.24. The summed E-state index contributed by atoms with van der Waals surface area (Å²) in [7, 11) is 0. The molecule has 0 atom stereocenters. The Morgan fingerprint density at radius 3 is 2.73 bits per heavy atom. The van der Waals surface area contributed by atoms with Gasteiger partial charge in [0, 0.05) is 18.2 Å². The summed E-state index contributed by atoms with van der Waals surface area (Å²) in [5.41, 5.74) is 7.77. The topological polar surface area (TPSA) is 64.9 Å². The minimum absolute atomic E-state index is 0.0937. The summed E-state index contributed by atoms with van der Waals surface area (Å²) in [6.07, 6.45) is 1.72. The Bertz CT molecular complexity index is 482. The van der Waals surface area contributed by atoms with Gasteiger partial charge in [0.25, 0.3) is 0 Å². The second-order valence-corrected chi connectivity index (χ2v) is 4.64. The second-order valence-electron chi connectivity index (χ2n) is 4.64. The van der Waals surface area contributed by atoms with Crippen molar-refractivity contribution in [2.24, 2.45) is 5.73 Å². The predicted molar refractivity (Wildman–Crippen MR) is 58.4 cm³/mol. The first-order valence-corrected chi connectivity index (χ1v) is 4.97. The maximum atomic E-state index is 5.57. The first-order chi connectivity index (χ1) is 7.00. The number of hydrogen-bond acceptors (Lipinski definition) is 4. The highest BCUT2D eigenvalue weighted by atomic mass is 16.4. The van der Waals surface area contributed by atoms with Gasteiger partial charge >= 0.3 is 0 Å². The SMILES string of the molecule is CC(C)(C)c1nc2cc(CN)cnc2o1. The van der Waals surface area contributed by atoms with Gasteiger partial charge in [0.05, 0.1) is 0 Å². The van der Waals surface area contributed by atoms with Crippen molar-refractivity contribution >= 4 is 11.2 Å². The van der Waals surface area contributed by atoms with Crippen LogP contribution in [0.15, 0.2) is 16.7 Å². The quantitative estimate of drug-likeness (QED) is 0.773. The van der Waals surface area contributed by atoms with Crippen molar-refractivity contribution in [2.75, 3.05) is 0 Å². The Balaban J connectivity index is 2.56. The van der Waals surface area contributed by atoms with Gasteiger partial charge in [-0.1, -0.05) is 20.8 Å². The fourth-order valence-corrected chi connectivity index (χ4v) is 1.30. The molecule has 0 radical (unpaired) electrons. The van der Waals surface area contributed by atoms with Gasteiger partial charge in [0.15, 0.2) is 0 Å². The molecule has 0 saturated heterocycles. The predicted octanol–water partition coefficient (Wildman–Crippen LogP) is 1.98. The molecule has 0 aliphatic rings. The van der Waals surface area contributed by atoms with Crippen molar-refractivity contribution in [1.82, 2.24) is 9.97 Å². The molecule has 0 fully saturated rings. The van der Waals surface area contributed by atoms with Crippen LogP contribution in [-0.4, -0.2) is 9.97 Å². The number of pyridine rings is 1. The van der Waals surface area contributed by atoms with Gasteiger partial charge in [-0.25, -0.2) is 9.97 Å². The summed E-state index contributed by atoms with van der Waals surface area (Å²) in [5.74, 6) is 0.708. The van der Waals surface area contributed by atoms with E-state index in [2.05, 4.69) is 30.7 Å². The van der Waals surface area contributed by atoms with Crippen molar-refractivity contribution in [2.45, 2.75) is 32.7 Å². The van der Waals surface area contributed by atoms with Gasteiger partial charge in [-0.15, -0.1) is 0 Å². The first kappa shape index (κ1) is 10.1. The molecule has 0 aliphatic heterocycles. The second kappa shape index (κ2) is 3.31. The Morgan fingerprint density at radius 1 is 1.40 bits per heavy atom. The van der Waals surface area contributed by atoms with Gasteiger partial charge in [-0.3, -0.25) is 0 Å². The Hall–Kier alpha value is -1.42. The van der Waals surface area contributed by atoms with Crippen LogP contribution in [0.4, 0.5) is 0 Å². The van der Waals surface area contributed by atoms with E-state index in [1.165, 1.54) is 0 Å². The highest BCUT2D eigenvalue weighted by molar-refractivity contribution is 5.68. The van der Waals surface area contributed by atoms with Crippen molar-refractivity contribution in [3.05, 3.63) is 23.7 Å².